The lowest BCUT2D eigenvalue weighted by Gasteiger charge is -2.25. The minimum Gasteiger partial charge on any atom is -0.507 e. The van der Waals surface area contributed by atoms with Gasteiger partial charge in [0.15, 0.2) is 5.13 Å². The zero-order valence-electron chi connectivity index (χ0n) is 21.7. The van der Waals surface area contributed by atoms with Gasteiger partial charge in [-0.1, -0.05) is 29.5 Å². The van der Waals surface area contributed by atoms with Gasteiger partial charge >= 0.3 is 11.9 Å². The van der Waals surface area contributed by atoms with E-state index < -0.39 is 23.7 Å². The molecule has 1 atom stereocenters. The van der Waals surface area contributed by atoms with Gasteiger partial charge in [0, 0.05) is 11.1 Å². The van der Waals surface area contributed by atoms with Crippen LogP contribution in [0, 0.1) is 13.8 Å². The van der Waals surface area contributed by atoms with Crippen LogP contribution < -0.4 is 14.4 Å². The van der Waals surface area contributed by atoms with Crippen LogP contribution in [-0.4, -0.2) is 48.1 Å². The molecule has 2 heterocycles. The molecule has 1 fully saturated rings. The molecule has 1 amide bonds. The van der Waals surface area contributed by atoms with Crippen LogP contribution >= 0.6 is 11.3 Å². The number of carbonyl (C=O) groups is 3. The summed E-state index contributed by atoms with van der Waals surface area (Å²) < 4.78 is 16.2. The highest BCUT2D eigenvalue weighted by Crippen LogP contribution is 2.46. The minimum atomic E-state index is -1.06. The number of rotatable bonds is 8. The molecule has 198 valence electrons. The van der Waals surface area contributed by atoms with E-state index in [-0.39, 0.29) is 27.9 Å². The SMILES string of the molecule is CCOC(=O)c1sc(N2C(=O)C(=O)C(=C(O)c3ccc(OC)cc3C)C2c2ccccc2OCC)nc1C. The molecule has 0 radical (unpaired) electrons. The van der Waals surface area contributed by atoms with Crippen molar-refractivity contribution < 1.29 is 33.7 Å². The highest BCUT2D eigenvalue weighted by atomic mass is 32.1. The molecule has 2 aromatic carbocycles. The number of amides is 1. The molecule has 38 heavy (non-hydrogen) atoms. The Morgan fingerprint density at radius 3 is 2.50 bits per heavy atom. The number of hydrogen-bond acceptors (Lipinski definition) is 9. The maximum absolute atomic E-state index is 13.5. The summed E-state index contributed by atoms with van der Waals surface area (Å²) >= 11 is 0.952. The molecule has 0 aliphatic carbocycles. The van der Waals surface area contributed by atoms with E-state index in [4.69, 9.17) is 14.2 Å². The quantitative estimate of drug-likeness (QED) is 0.186. The van der Waals surface area contributed by atoms with Gasteiger partial charge in [-0.15, -0.1) is 0 Å². The molecule has 0 spiro atoms. The third-order valence-electron chi connectivity index (χ3n) is 6.10. The predicted molar refractivity (Wildman–Crippen MR) is 143 cm³/mol. The van der Waals surface area contributed by atoms with E-state index in [1.165, 1.54) is 12.0 Å². The Hall–Kier alpha value is -4.18. The van der Waals surface area contributed by atoms with Crippen molar-refractivity contribution in [1.82, 2.24) is 4.98 Å². The molecule has 1 unspecified atom stereocenters. The van der Waals surface area contributed by atoms with E-state index in [0.717, 1.165) is 11.3 Å². The number of anilines is 1. The number of aryl methyl sites for hydroxylation is 2. The van der Waals surface area contributed by atoms with Gasteiger partial charge in [-0.05, 0) is 57.5 Å². The van der Waals surface area contributed by atoms with Crippen LogP contribution in [0.5, 0.6) is 11.5 Å². The second-order valence-electron chi connectivity index (χ2n) is 8.45. The second kappa shape index (κ2) is 11.1. The summed E-state index contributed by atoms with van der Waals surface area (Å²) in [6.45, 7) is 7.44. The molecule has 1 aliphatic rings. The van der Waals surface area contributed by atoms with Gasteiger partial charge in [0.05, 0.1) is 31.6 Å². The number of ketones is 1. The van der Waals surface area contributed by atoms with Crippen LogP contribution in [0.25, 0.3) is 5.76 Å². The van der Waals surface area contributed by atoms with Crippen molar-refractivity contribution in [2.24, 2.45) is 0 Å². The third kappa shape index (κ3) is 4.74. The fraction of sp³-hybridized carbons (Fsp3) is 0.286. The molecule has 9 nitrogen and oxygen atoms in total. The van der Waals surface area contributed by atoms with Crippen molar-refractivity contribution in [3.63, 3.8) is 0 Å². The fourth-order valence-corrected chi connectivity index (χ4v) is 5.35. The average molecular weight is 537 g/mol. The summed E-state index contributed by atoms with van der Waals surface area (Å²) in [5.74, 6) is -1.62. The molecule has 1 saturated heterocycles. The maximum atomic E-state index is 13.5. The Bertz CT molecular complexity index is 1440. The summed E-state index contributed by atoms with van der Waals surface area (Å²) in [5.41, 5.74) is 1.78. The van der Waals surface area contributed by atoms with Crippen molar-refractivity contribution >= 4 is 39.9 Å². The standard InChI is InChI=1S/C28H28N2O7S/c1-6-36-20-11-9-8-10-19(20)22-21(23(31)18-13-12-17(35-5)14-15(18)3)24(32)26(33)30(22)28-29-16(4)25(38-28)27(34)37-7-2/h8-14,22,31H,6-7H2,1-5H3. The Kier molecular flexibility index (Phi) is 7.82. The van der Waals surface area contributed by atoms with Gasteiger partial charge in [0.25, 0.3) is 5.78 Å². The number of Topliss-reactive ketones (excluding diaryl/α,β-unsaturated/α-hetero) is 1. The van der Waals surface area contributed by atoms with Gasteiger partial charge < -0.3 is 19.3 Å². The number of carbonyl (C=O) groups excluding carboxylic acids is 3. The summed E-state index contributed by atoms with van der Waals surface area (Å²) in [5, 5.41) is 11.6. The fourth-order valence-electron chi connectivity index (χ4n) is 4.36. The first-order valence-corrected chi connectivity index (χ1v) is 12.9. The summed E-state index contributed by atoms with van der Waals surface area (Å²) in [6.07, 6.45) is 0. The molecule has 1 N–H and O–H groups in total. The lowest BCUT2D eigenvalue weighted by atomic mass is 9.93. The van der Waals surface area contributed by atoms with E-state index >= 15 is 0 Å². The smallest absolute Gasteiger partial charge is 0.350 e. The number of hydrogen-bond donors (Lipinski definition) is 1. The first-order valence-electron chi connectivity index (χ1n) is 12.1. The second-order valence-corrected chi connectivity index (χ2v) is 9.43. The molecular formula is C28H28N2O7S. The number of esters is 1. The molecular weight excluding hydrogens is 508 g/mol. The topological polar surface area (TPSA) is 115 Å². The first-order chi connectivity index (χ1) is 18.2. The Morgan fingerprint density at radius 2 is 1.84 bits per heavy atom. The van der Waals surface area contributed by atoms with Crippen molar-refractivity contribution in [1.29, 1.82) is 0 Å². The summed E-state index contributed by atoms with van der Waals surface area (Å²) in [6, 6.07) is 11.0. The van der Waals surface area contributed by atoms with Gasteiger partial charge in [0.1, 0.15) is 28.2 Å². The number of benzene rings is 2. The molecule has 4 rings (SSSR count). The van der Waals surface area contributed by atoms with Gasteiger partial charge in [-0.25, -0.2) is 9.78 Å². The Balaban J connectivity index is 1.96. The van der Waals surface area contributed by atoms with Crippen LogP contribution in [-0.2, 0) is 14.3 Å². The summed E-state index contributed by atoms with van der Waals surface area (Å²) in [7, 11) is 1.53. The van der Waals surface area contributed by atoms with Crippen molar-refractivity contribution in [2.75, 3.05) is 25.2 Å². The maximum Gasteiger partial charge on any atom is 0.350 e. The van der Waals surface area contributed by atoms with Crippen molar-refractivity contribution in [3.05, 3.63) is 75.3 Å². The molecule has 1 aromatic heterocycles. The normalized spacial score (nSPS) is 16.6. The molecule has 0 saturated carbocycles. The van der Waals surface area contributed by atoms with Gasteiger partial charge in [-0.2, -0.15) is 0 Å². The summed E-state index contributed by atoms with van der Waals surface area (Å²) in [4.78, 5) is 45.4. The van der Waals surface area contributed by atoms with E-state index in [1.807, 2.05) is 6.92 Å². The Labute approximate surface area is 224 Å². The van der Waals surface area contributed by atoms with E-state index in [9.17, 15) is 19.5 Å². The van der Waals surface area contributed by atoms with Gasteiger partial charge in [-0.3, -0.25) is 14.5 Å². The number of aliphatic hydroxyl groups is 1. The van der Waals surface area contributed by atoms with Crippen LogP contribution in [0.2, 0.25) is 0 Å². The zero-order chi connectivity index (χ0) is 27.6. The molecule has 1 aliphatic heterocycles. The first kappa shape index (κ1) is 26.9. The van der Waals surface area contributed by atoms with Crippen LogP contribution in [0.15, 0.2) is 48.0 Å². The van der Waals surface area contributed by atoms with Crippen molar-refractivity contribution in [2.45, 2.75) is 33.7 Å². The zero-order valence-corrected chi connectivity index (χ0v) is 22.5. The highest BCUT2D eigenvalue weighted by molar-refractivity contribution is 7.17. The number of para-hydroxylation sites is 1. The number of aromatic nitrogens is 1. The molecule has 3 aromatic rings. The van der Waals surface area contributed by atoms with E-state index in [0.29, 0.717) is 40.5 Å². The third-order valence-corrected chi connectivity index (χ3v) is 7.24. The van der Waals surface area contributed by atoms with Crippen molar-refractivity contribution in [3.8, 4) is 11.5 Å². The van der Waals surface area contributed by atoms with E-state index in [1.54, 1.807) is 63.2 Å². The molecule has 10 heteroatoms. The average Bonchev–Trinajstić information content (AvgIpc) is 3.40. The van der Waals surface area contributed by atoms with Gasteiger partial charge in [0.2, 0.25) is 0 Å². The lowest BCUT2D eigenvalue weighted by molar-refractivity contribution is -0.132. The van der Waals surface area contributed by atoms with Crippen LogP contribution in [0.3, 0.4) is 0 Å². The monoisotopic (exact) mass is 536 g/mol. The minimum absolute atomic E-state index is 0.110. The number of ether oxygens (including phenoxy) is 3. The Morgan fingerprint density at radius 1 is 1.11 bits per heavy atom. The van der Waals surface area contributed by atoms with E-state index in [2.05, 4.69) is 4.98 Å². The molecule has 0 bridgehead atoms. The number of methoxy groups -OCH3 is 1. The predicted octanol–water partition coefficient (Wildman–Crippen LogP) is 4.97. The lowest BCUT2D eigenvalue weighted by Crippen LogP contribution is -2.29. The largest absolute Gasteiger partial charge is 0.507 e. The number of nitrogens with zero attached hydrogens (tertiary/aromatic N) is 2. The highest BCUT2D eigenvalue weighted by Gasteiger charge is 2.49. The number of aliphatic hydroxyl groups excluding tert-OH is 1. The number of thiazole rings is 1. The van der Waals surface area contributed by atoms with Crippen LogP contribution in [0.1, 0.15) is 51.9 Å². The van der Waals surface area contributed by atoms with Crippen LogP contribution in [0.4, 0.5) is 5.13 Å².